The van der Waals surface area contributed by atoms with E-state index in [0.717, 1.165) is 24.1 Å². The Hall–Kier alpha value is -1.85. The molecule has 2 bridgehead atoms. The average Bonchev–Trinajstić information content (AvgIpc) is 3.13. The molecule has 2 aromatic rings. The first kappa shape index (κ1) is 17.0. The Kier molecular flexibility index (Phi) is 4.92. The standard InChI is InChI=1S/C18H22N4O.ClH/c1-12-10-19-22(11-12)17-6-2-13(3-7-17)18(23)21-16-8-14-4-5-15(9-16)20-14;/h2-3,6-7,10-11,14-16,20H,4-5,8-9H2,1H3,(H,21,23);1H. The second-order valence-corrected chi connectivity index (χ2v) is 6.79. The number of nitrogens with zero attached hydrogens (tertiary/aromatic N) is 2. The van der Waals surface area contributed by atoms with Crippen molar-refractivity contribution in [3.63, 3.8) is 0 Å². The van der Waals surface area contributed by atoms with Gasteiger partial charge in [-0.25, -0.2) is 4.68 Å². The molecule has 1 amide bonds. The lowest BCUT2D eigenvalue weighted by atomic mass is 9.99. The van der Waals surface area contributed by atoms with Crippen LogP contribution in [0.4, 0.5) is 0 Å². The average molecular weight is 347 g/mol. The lowest BCUT2D eigenvalue weighted by Crippen LogP contribution is -2.48. The van der Waals surface area contributed by atoms with Crippen molar-refractivity contribution in [2.24, 2.45) is 0 Å². The first-order chi connectivity index (χ1) is 11.2. The number of hydrogen-bond acceptors (Lipinski definition) is 3. The zero-order valence-electron chi connectivity index (χ0n) is 13.7. The predicted molar refractivity (Wildman–Crippen MR) is 96.0 cm³/mol. The number of carbonyl (C=O) groups is 1. The van der Waals surface area contributed by atoms with Crippen LogP contribution in [0.15, 0.2) is 36.7 Å². The minimum Gasteiger partial charge on any atom is -0.349 e. The predicted octanol–water partition coefficient (Wildman–Crippen LogP) is 2.62. The number of nitrogens with one attached hydrogen (secondary N) is 2. The number of aromatic nitrogens is 2. The van der Waals surface area contributed by atoms with E-state index in [9.17, 15) is 4.79 Å². The Labute approximate surface area is 148 Å². The molecule has 1 aromatic heterocycles. The number of carbonyl (C=O) groups excluding carboxylic acids is 1. The Bertz CT molecular complexity index is 700. The van der Waals surface area contributed by atoms with E-state index in [1.807, 2.05) is 48.3 Å². The van der Waals surface area contributed by atoms with Gasteiger partial charge in [-0.2, -0.15) is 5.10 Å². The number of fused-ring (bicyclic) bond motifs is 2. The van der Waals surface area contributed by atoms with Crippen LogP contribution < -0.4 is 10.6 Å². The summed E-state index contributed by atoms with van der Waals surface area (Å²) in [5.41, 5.74) is 2.80. The van der Waals surface area contributed by atoms with Crippen LogP contribution in [0.25, 0.3) is 5.69 Å². The highest BCUT2D eigenvalue weighted by atomic mass is 35.5. The summed E-state index contributed by atoms with van der Waals surface area (Å²) in [4.78, 5) is 12.4. The molecule has 2 aliphatic heterocycles. The normalized spacial score (nSPS) is 25.1. The Balaban J connectivity index is 0.00000169. The molecule has 3 heterocycles. The maximum absolute atomic E-state index is 12.4. The molecular formula is C18H23ClN4O. The van der Waals surface area contributed by atoms with Gasteiger partial charge >= 0.3 is 0 Å². The Morgan fingerprint density at radius 3 is 2.46 bits per heavy atom. The minimum absolute atomic E-state index is 0. The van der Waals surface area contributed by atoms with Gasteiger partial charge in [0, 0.05) is 29.9 Å². The Morgan fingerprint density at radius 1 is 1.21 bits per heavy atom. The lowest BCUT2D eigenvalue weighted by molar-refractivity contribution is 0.0924. The van der Waals surface area contributed by atoms with Crippen LogP contribution in [0.2, 0.25) is 0 Å². The van der Waals surface area contributed by atoms with E-state index in [0.29, 0.717) is 23.7 Å². The molecule has 0 saturated carbocycles. The Morgan fingerprint density at radius 2 is 1.88 bits per heavy atom. The fourth-order valence-electron chi connectivity index (χ4n) is 3.76. The van der Waals surface area contributed by atoms with E-state index in [4.69, 9.17) is 0 Å². The van der Waals surface area contributed by atoms with Crippen LogP contribution in [0.5, 0.6) is 0 Å². The molecule has 1 aromatic carbocycles. The van der Waals surface area contributed by atoms with Crippen molar-refractivity contribution in [3.8, 4) is 5.69 Å². The zero-order chi connectivity index (χ0) is 15.8. The number of aryl methyl sites for hydroxylation is 1. The SMILES string of the molecule is Cc1cnn(-c2ccc(C(=O)NC3CC4CCC(C3)N4)cc2)c1.Cl. The van der Waals surface area contributed by atoms with Gasteiger partial charge in [-0.1, -0.05) is 0 Å². The van der Waals surface area contributed by atoms with Crippen molar-refractivity contribution in [3.05, 3.63) is 47.8 Å². The van der Waals surface area contributed by atoms with E-state index < -0.39 is 0 Å². The maximum atomic E-state index is 12.4. The van der Waals surface area contributed by atoms with Crippen molar-refractivity contribution in [1.82, 2.24) is 20.4 Å². The molecule has 5 nitrogen and oxygen atoms in total. The summed E-state index contributed by atoms with van der Waals surface area (Å²) in [6.07, 6.45) is 8.38. The van der Waals surface area contributed by atoms with Gasteiger partial charge in [-0.3, -0.25) is 4.79 Å². The topological polar surface area (TPSA) is 59.0 Å². The van der Waals surface area contributed by atoms with Gasteiger partial charge in [-0.15, -0.1) is 12.4 Å². The zero-order valence-corrected chi connectivity index (χ0v) is 14.6. The largest absolute Gasteiger partial charge is 0.349 e. The number of hydrogen-bond donors (Lipinski definition) is 2. The second-order valence-electron chi connectivity index (χ2n) is 6.79. The van der Waals surface area contributed by atoms with Gasteiger partial charge in [-0.05, 0) is 62.4 Å². The van der Waals surface area contributed by atoms with Crippen LogP contribution in [0.3, 0.4) is 0 Å². The van der Waals surface area contributed by atoms with Gasteiger partial charge in [0.2, 0.25) is 0 Å². The fourth-order valence-corrected chi connectivity index (χ4v) is 3.76. The summed E-state index contributed by atoms with van der Waals surface area (Å²) in [6, 6.07) is 9.10. The first-order valence-electron chi connectivity index (χ1n) is 8.36. The van der Waals surface area contributed by atoms with Crippen LogP contribution >= 0.6 is 12.4 Å². The summed E-state index contributed by atoms with van der Waals surface area (Å²) >= 11 is 0. The van der Waals surface area contributed by atoms with E-state index in [2.05, 4.69) is 15.7 Å². The third kappa shape index (κ3) is 3.47. The molecule has 6 heteroatoms. The van der Waals surface area contributed by atoms with Crippen molar-refractivity contribution in [2.45, 2.75) is 50.7 Å². The van der Waals surface area contributed by atoms with E-state index >= 15 is 0 Å². The van der Waals surface area contributed by atoms with Crippen LogP contribution in [-0.4, -0.2) is 33.8 Å². The lowest BCUT2D eigenvalue weighted by Gasteiger charge is -2.29. The highest BCUT2D eigenvalue weighted by Crippen LogP contribution is 2.26. The molecular weight excluding hydrogens is 324 g/mol. The molecule has 0 aliphatic carbocycles. The number of benzene rings is 1. The number of rotatable bonds is 3. The number of piperidine rings is 1. The van der Waals surface area contributed by atoms with Crippen molar-refractivity contribution in [2.75, 3.05) is 0 Å². The molecule has 4 rings (SSSR count). The summed E-state index contributed by atoms with van der Waals surface area (Å²) in [6.45, 7) is 2.01. The minimum atomic E-state index is 0. The quantitative estimate of drug-likeness (QED) is 0.898. The molecule has 0 radical (unpaired) electrons. The molecule has 2 atom stereocenters. The molecule has 2 aliphatic rings. The van der Waals surface area contributed by atoms with Gasteiger partial charge in [0.05, 0.1) is 11.9 Å². The van der Waals surface area contributed by atoms with Crippen LogP contribution in [-0.2, 0) is 0 Å². The van der Waals surface area contributed by atoms with Crippen molar-refractivity contribution >= 4 is 18.3 Å². The third-order valence-electron chi connectivity index (χ3n) is 4.91. The summed E-state index contributed by atoms with van der Waals surface area (Å²) < 4.78 is 1.82. The molecule has 24 heavy (non-hydrogen) atoms. The van der Waals surface area contributed by atoms with Gasteiger partial charge in [0.1, 0.15) is 0 Å². The first-order valence-corrected chi connectivity index (χ1v) is 8.36. The smallest absolute Gasteiger partial charge is 0.251 e. The molecule has 2 saturated heterocycles. The summed E-state index contributed by atoms with van der Waals surface area (Å²) in [7, 11) is 0. The van der Waals surface area contributed by atoms with Crippen molar-refractivity contribution in [1.29, 1.82) is 0 Å². The van der Waals surface area contributed by atoms with Gasteiger partial charge < -0.3 is 10.6 Å². The van der Waals surface area contributed by atoms with Gasteiger partial charge in [0.25, 0.3) is 5.91 Å². The second kappa shape index (κ2) is 6.95. The van der Waals surface area contributed by atoms with Crippen LogP contribution in [0.1, 0.15) is 41.6 Å². The van der Waals surface area contributed by atoms with Crippen LogP contribution in [0, 0.1) is 6.92 Å². The monoisotopic (exact) mass is 346 g/mol. The fraction of sp³-hybridized carbons (Fsp3) is 0.444. The number of halogens is 1. The summed E-state index contributed by atoms with van der Waals surface area (Å²) in [5, 5.41) is 11.1. The highest BCUT2D eigenvalue weighted by molar-refractivity contribution is 5.94. The van der Waals surface area contributed by atoms with Gasteiger partial charge in [0.15, 0.2) is 0 Å². The van der Waals surface area contributed by atoms with Crippen molar-refractivity contribution < 1.29 is 4.79 Å². The van der Waals surface area contributed by atoms with E-state index in [1.54, 1.807) is 0 Å². The molecule has 128 valence electrons. The third-order valence-corrected chi connectivity index (χ3v) is 4.91. The molecule has 0 spiro atoms. The van der Waals surface area contributed by atoms with E-state index in [-0.39, 0.29) is 18.3 Å². The molecule has 2 unspecified atom stereocenters. The number of amides is 1. The summed E-state index contributed by atoms with van der Waals surface area (Å²) in [5.74, 6) is 0.0273. The maximum Gasteiger partial charge on any atom is 0.251 e. The molecule has 2 N–H and O–H groups in total. The highest BCUT2D eigenvalue weighted by Gasteiger charge is 2.34. The van der Waals surface area contributed by atoms with E-state index in [1.165, 1.54) is 12.8 Å². The molecule has 2 fully saturated rings.